The van der Waals surface area contributed by atoms with E-state index in [0.29, 0.717) is 0 Å². The number of fused-ring (bicyclic) bond motifs is 4. The quantitative estimate of drug-likeness (QED) is 0.393. The smallest absolute Gasteiger partial charge is 0.132 e. The van der Waals surface area contributed by atoms with Crippen LogP contribution in [-0.4, -0.2) is 7.11 Å². The van der Waals surface area contributed by atoms with E-state index in [1.807, 2.05) is 36.0 Å². The van der Waals surface area contributed by atoms with E-state index in [1.165, 1.54) is 26.8 Å². The highest BCUT2D eigenvalue weighted by atomic mass is 32.2. The topological polar surface area (TPSA) is 18.5 Å². The third kappa shape index (κ3) is 2.84. The molecular formula is C24H18O2S. The van der Waals surface area contributed by atoms with Crippen molar-refractivity contribution in [1.29, 1.82) is 0 Å². The fraction of sp³-hybridized carbons (Fsp3) is 0.0833. The monoisotopic (exact) mass is 370 g/mol. The maximum Gasteiger partial charge on any atom is 0.132 e. The third-order valence-corrected chi connectivity index (χ3v) is 6.16. The van der Waals surface area contributed by atoms with E-state index in [4.69, 9.17) is 9.47 Å². The Morgan fingerprint density at radius 3 is 2.59 bits per heavy atom. The van der Waals surface area contributed by atoms with Crippen molar-refractivity contribution in [3.05, 3.63) is 96.1 Å². The molecular weight excluding hydrogens is 352 g/mol. The van der Waals surface area contributed by atoms with Crippen LogP contribution in [0.25, 0.3) is 10.8 Å². The lowest BCUT2D eigenvalue weighted by Gasteiger charge is -2.29. The standard InChI is InChI=1S/C24H18O2S/c1-25-17-8-6-9-18(15-17)27-24-20-11-4-5-12-21(20)26-22-14-13-16-7-2-3-10-19(16)23(22)24/h2-15,24H,1H3. The number of hydrogen-bond donors (Lipinski definition) is 0. The molecule has 4 aromatic rings. The van der Waals surface area contributed by atoms with E-state index in [-0.39, 0.29) is 5.25 Å². The second kappa shape index (κ2) is 6.67. The molecule has 0 saturated carbocycles. The number of methoxy groups -OCH3 is 1. The zero-order valence-corrected chi connectivity index (χ0v) is 15.7. The molecule has 0 N–H and O–H groups in total. The van der Waals surface area contributed by atoms with Crippen LogP contribution in [0.5, 0.6) is 17.2 Å². The van der Waals surface area contributed by atoms with Crippen molar-refractivity contribution in [3.8, 4) is 17.2 Å². The maximum absolute atomic E-state index is 6.26. The van der Waals surface area contributed by atoms with Gasteiger partial charge in [0.15, 0.2) is 0 Å². The molecule has 0 radical (unpaired) electrons. The fourth-order valence-corrected chi connectivity index (χ4v) is 4.93. The van der Waals surface area contributed by atoms with E-state index < -0.39 is 0 Å². The summed E-state index contributed by atoms with van der Waals surface area (Å²) in [6.07, 6.45) is 0. The lowest BCUT2D eigenvalue weighted by Crippen LogP contribution is -2.08. The highest BCUT2D eigenvalue weighted by molar-refractivity contribution is 7.99. The zero-order valence-electron chi connectivity index (χ0n) is 14.9. The molecule has 1 aliphatic rings. The van der Waals surface area contributed by atoms with Crippen LogP contribution >= 0.6 is 11.8 Å². The highest BCUT2D eigenvalue weighted by Gasteiger charge is 2.29. The summed E-state index contributed by atoms with van der Waals surface area (Å²) in [7, 11) is 1.70. The van der Waals surface area contributed by atoms with Crippen molar-refractivity contribution >= 4 is 22.5 Å². The number of rotatable bonds is 3. The second-order valence-electron chi connectivity index (χ2n) is 6.52. The van der Waals surface area contributed by atoms with E-state index in [9.17, 15) is 0 Å². The summed E-state index contributed by atoms with van der Waals surface area (Å²) in [6.45, 7) is 0. The molecule has 0 aliphatic carbocycles. The van der Waals surface area contributed by atoms with Gasteiger partial charge in [-0.15, -0.1) is 11.8 Å². The largest absolute Gasteiger partial charge is 0.497 e. The Hall–Kier alpha value is -2.91. The molecule has 1 unspecified atom stereocenters. The van der Waals surface area contributed by atoms with Gasteiger partial charge in [0.1, 0.15) is 17.2 Å². The number of para-hydroxylation sites is 1. The maximum atomic E-state index is 6.26. The summed E-state index contributed by atoms with van der Waals surface area (Å²) < 4.78 is 11.7. The molecule has 1 aliphatic heterocycles. The summed E-state index contributed by atoms with van der Waals surface area (Å²) in [5.74, 6) is 2.74. The number of thioether (sulfide) groups is 1. The Bertz CT molecular complexity index is 1140. The minimum absolute atomic E-state index is 0.156. The molecule has 4 aromatic carbocycles. The van der Waals surface area contributed by atoms with Gasteiger partial charge in [-0.2, -0.15) is 0 Å². The Morgan fingerprint density at radius 2 is 1.67 bits per heavy atom. The lowest BCUT2D eigenvalue weighted by atomic mass is 9.94. The predicted octanol–water partition coefficient (Wildman–Crippen LogP) is 6.84. The van der Waals surface area contributed by atoms with Gasteiger partial charge in [-0.25, -0.2) is 0 Å². The average molecular weight is 370 g/mol. The normalized spacial score (nSPS) is 14.9. The van der Waals surface area contributed by atoms with Gasteiger partial charge < -0.3 is 9.47 Å². The molecule has 5 rings (SSSR count). The SMILES string of the molecule is COc1cccc(SC2c3ccccc3Oc3ccc4ccccc4c32)c1. The molecule has 132 valence electrons. The highest BCUT2D eigenvalue weighted by Crippen LogP contribution is 2.53. The summed E-state index contributed by atoms with van der Waals surface area (Å²) in [5, 5.41) is 2.63. The van der Waals surface area contributed by atoms with Gasteiger partial charge in [0.05, 0.1) is 12.4 Å². The van der Waals surface area contributed by atoms with Gasteiger partial charge in [-0.05, 0) is 41.1 Å². The van der Waals surface area contributed by atoms with Crippen LogP contribution in [0.1, 0.15) is 16.4 Å². The Balaban J connectivity index is 1.70. The van der Waals surface area contributed by atoms with Crippen molar-refractivity contribution in [2.75, 3.05) is 7.11 Å². The summed E-state index contributed by atoms with van der Waals surface area (Å²) in [5.41, 5.74) is 2.44. The molecule has 0 fully saturated rings. The minimum atomic E-state index is 0.156. The van der Waals surface area contributed by atoms with E-state index in [0.717, 1.165) is 17.2 Å². The number of hydrogen-bond acceptors (Lipinski definition) is 3. The summed E-state index contributed by atoms with van der Waals surface area (Å²) in [4.78, 5) is 1.18. The molecule has 0 spiro atoms. The van der Waals surface area contributed by atoms with Crippen molar-refractivity contribution in [2.45, 2.75) is 10.1 Å². The molecule has 0 saturated heterocycles. The first-order valence-electron chi connectivity index (χ1n) is 8.92. The lowest BCUT2D eigenvalue weighted by molar-refractivity contribution is 0.413. The summed E-state index contributed by atoms with van der Waals surface area (Å²) >= 11 is 1.83. The molecule has 0 amide bonds. The van der Waals surface area contributed by atoms with Gasteiger partial charge >= 0.3 is 0 Å². The molecule has 1 atom stereocenters. The van der Waals surface area contributed by atoms with Gasteiger partial charge in [0.2, 0.25) is 0 Å². The van der Waals surface area contributed by atoms with Gasteiger partial charge in [-0.3, -0.25) is 0 Å². The van der Waals surface area contributed by atoms with Crippen LogP contribution in [0.15, 0.2) is 89.8 Å². The Labute approximate surface area is 162 Å². The van der Waals surface area contributed by atoms with Gasteiger partial charge in [0.25, 0.3) is 0 Å². The Kier molecular flexibility index (Phi) is 4.02. The number of benzene rings is 4. The predicted molar refractivity (Wildman–Crippen MR) is 111 cm³/mol. The zero-order chi connectivity index (χ0) is 18.2. The first-order valence-corrected chi connectivity index (χ1v) is 9.80. The molecule has 1 heterocycles. The molecule has 3 heteroatoms. The van der Waals surface area contributed by atoms with Crippen LogP contribution in [0, 0.1) is 0 Å². The van der Waals surface area contributed by atoms with Crippen molar-refractivity contribution < 1.29 is 9.47 Å². The Morgan fingerprint density at radius 1 is 0.815 bits per heavy atom. The van der Waals surface area contributed by atoms with Crippen molar-refractivity contribution in [1.82, 2.24) is 0 Å². The molecule has 0 aromatic heterocycles. The van der Waals surface area contributed by atoms with Crippen molar-refractivity contribution in [2.24, 2.45) is 0 Å². The first kappa shape index (κ1) is 16.3. The van der Waals surface area contributed by atoms with Crippen LogP contribution < -0.4 is 9.47 Å². The third-order valence-electron chi connectivity index (χ3n) is 4.91. The summed E-state index contributed by atoms with van der Waals surface area (Å²) in [6, 6.07) is 29.3. The fourth-order valence-electron chi connectivity index (χ4n) is 3.63. The van der Waals surface area contributed by atoms with Gasteiger partial charge in [0, 0.05) is 16.0 Å². The van der Waals surface area contributed by atoms with Crippen LogP contribution in [0.3, 0.4) is 0 Å². The van der Waals surface area contributed by atoms with Gasteiger partial charge in [-0.1, -0.05) is 54.6 Å². The molecule has 0 bridgehead atoms. The van der Waals surface area contributed by atoms with Crippen LogP contribution in [0.4, 0.5) is 0 Å². The molecule has 27 heavy (non-hydrogen) atoms. The second-order valence-corrected chi connectivity index (χ2v) is 7.69. The average Bonchev–Trinajstić information content (AvgIpc) is 2.73. The first-order chi connectivity index (χ1) is 13.3. The van der Waals surface area contributed by atoms with Crippen LogP contribution in [-0.2, 0) is 0 Å². The van der Waals surface area contributed by atoms with E-state index in [1.54, 1.807) is 7.11 Å². The van der Waals surface area contributed by atoms with E-state index in [2.05, 4.69) is 60.7 Å². The molecule has 2 nitrogen and oxygen atoms in total. The van der Waals surface area contributed by atoms with Crippen LogP contribution in [0.2, 0.25) is 0 Å². The van der Waals surface area contributed by atoms with E-state index >= 15 is 0 Å². The number of ether oxygens (including phenoxy) is 2. The van der Waals surface area contributed by atoms with Crippen molar-refractivity contribution in [3.63, 3.8) is 0 Å². The minimum Gasteiger partial charge on any atom is -0.497 e.